The van der Waals surface area contributed by atoms with Crippen LogP contribution in [0, 0.1) is 0 Å². The van der Waals surface area contributed by atoms with Gasteiger partial charge in [-0.3, -0.25) is 4.79 Å². The molecule has 134 valence electrons. The third-order valence-corrected chi connectivity index (χ3v) is 4.81. The van der Waals surface area contributed by atoms with Gasteiger partial charge in [0.2, 0.25) is 5.75 Å². The zero-order valence-corrected chi connectivity index (χ0v) is 16.2. The van der Waals surface area contributed by atoms with E-state index in [1.165, 1.54) is 21.3 Å². The van der Waals surface area contributed by atoms with E-state index in [4.69, 9.17) is 14.2 Å². The number of carbonyl (C=O) groups excluding carboxylic acids is 1. The highest BCUT2D eigenvalue weighted by molar-refractivity contribution is 9.10. The van der Waals surface area contributed by atoms with Gasteiger partial charge in [0.25, 0.3) is 5.91 Å². The van der Waals surface area contributed by atoms with Gasteiger partial charge in [0, 0.05) is 5.69 Å². The molecule has 0 atom stereocenters. The average molecular weight is 416 g/mol. The molecule has 0 unspecified atom stereocenters. The third-order valence-electron chi connectivity index (χ3n) is 4.02. The summed E-state index contributed by atoms with van der Waals surface area (Å²) in [6.07, 6.45) is 0. The average Bonchev–Trinajstić information content (AvgIpc) is 2.67. The fraction of sp³-hybridized carbons (Fsp3) is 0.150. The Bertz CT molecular complexity index is 971. The fourth-order valence-corrected chi connectivity index (χ4v) is 3.39. The van der Waals surface area contributed by atoms with E-state index in [9.17, 15) is 4.79 Å². The van der Waals surface area contributed by atoms with Crippen LogP contribution in [0.3, 0.4) is 0 Å². The quantitative estimate of drug-likeness (QED) is 0.644. The summed E-state index contributed by atoms with van der Waals surface area (Å²) in [5, 5.41) is 5.07. The Kier molecular flexibility index (Phi) is 5.32. The van der Waals surface area contributed by atoms with Crippen LogP contribution in [0.1, 0.15) is 10.4 Å². The topological polar surface area (TPSA) is 56.8 Å². The normalized spacial score (nSPS) is 10.5. The van der Waals surface area contributed by atoms with E-state index in [0.29, 0.717) is 33.0 Å². The van der Waals surface area contributed by atoms with Crippen LogP contribution in [0.25, 0.3) is 10.8 Å². The number of methoxy groups -OCH3 is 3. The SMILES string of the molecule is COc1cc(C(=O)Nc2ccc3ccccc3c2)c(Br)c(OC)c1OC. The standard InChI is InChI=1S/C20H18BrNO4/c1-24-16-11-15(17(21)19(26-3)18(16)25-2)20(23)22-14-9-8-12-6-4-5-7-13(12)10-14/h4-11H,1-3H3,(H,22,23). The van der Waals surface area contributed by atoms with Crippen LogP contribution in [-0.2, 0) is 0 Å². The Balaban J connectivity index is 1.98. The summed E-state index contributed by atoms with van der Waals surface area (Å²) in [6, 6.07) is 15.3. The van der Waals surface area contributed by atoms with Gasteiger partial charge in [-0.1, -0.05) is 30.3 Å². The first-order chi connectivity index (χ1) is 12.6. The van der Waals surface area contributed by atoms with Crippen molar-refractivity contribution in [3.8, 4) is 17.2 Å². The molecule has 3 rings (SSSR count). The lowest BCUT2D eigenvalue weighted by molar-refractivity contribution is 0.102. The molecule has 0 heterocycles. The summed E-state index contributed by atoms with van der Waals surface area (Å²) in [5.41, 5.74) is 1.09. The van der Waals surface area contributed by atoms with Crippen molar-refractivity contribution in [1.82, 2.24) is 0 Å². The van der Waals surface area contributed by atoms with E-state index >= 15 is 0 Å². The number of nitrogens with one attached hydrogen (secondary N) is 1. The Morgan fingerprint density at radius 2 is 1.58 bits per heavy atom. The summed E-state index contributed by atoms with van der Waals surface area (Å²) in [4.78, 5) is 12.8. The van der Waals surface area contributed by atoms with Gasteiger partial charge >= 0.3 is 0 Å². The Labute approximate surface area is 160 Å². The molecule has 0 radical (unpaired) electrons. The minimum atomic E-state index is -0.286. The molecular weight excluding hydrogens is 398 g/mol. The molecule has 1 amide bonds. The van der Waals surface area contributed by atoms with Gasteiger partial charge in [-0.2, -0.15) is 0 Å². The number of hydrogen-bond acceptors (Lipinski definition) is 4. The van der Waals surface area contributed by atoms with Crippen LogP contribution in [0.2, 0.25) is 0 Å². The minimum absolute atomic E-state index is 0.286. The second-order valence-electron chi connectivity index (χ2n) is 5.52. The summed E-state index contributed by atoms with van der Waals surface area (Å²) in [5.74, 6) is 0.947. The second kappa shape index (κ2) is 7.66. The van der Waals surface area contributed by atoms with Crippen molar-refractivity contribution in [2.45, 2.75) is 0 Å². The molecule has 1 N–H and O–H groups in total. The largest absolute Gasteiger partial charge is 0.493 e. The molecule has 26 heavy (non-hydrogen) atoms. The molecule has 3 aromatic carbocycles. The van der Waals surface area contributed by atoms with Gasteiger partial charge in [-0.05, 0) is 44.9 Å². The van der Waals surface area contributed by atoms with Crippen molar-refractivity contribution < 1.29 is 19.0 Å². The van der Waals surface area contributed by atoms with E-state index in [1.807, 2.05) is 42.5 Å². The van der Waals surface area contributed by atoms with Crippen LogP contribution < -0.4 is 19.5 Å². The molecular formula is C20H18BrNO4. The van der Waals surface area contributed by atoms with Crippen LogP contribution in [0.5, 0.6) is 17.2 Å². The highest BCUT2D eigenvalue weighted by Gasteiger charge is 2.23. The first-order valence-electron chi connectivity index (χ1n) is 7.87. The van der Waals surface area contributed by atoms with E-state index < -0.39 is 0 Å². The molecule has 3 aromatic rings. The molecule has 0 saturated carbocycles. The number of fused-ring (bicyclic) bond motifs is 1. The fourth-order valence-electron chi connectivity index (χ4n) is 2.75. The molecule has 0 aliphatic rings. The smallest absolute Gasteiger partial charge is 0.257 e. The first kappa shape index (κ1) is 18.1. The number of hydrogen-bond donors (Lipinski definition) is 1. The lowest BCUT2D eigenvalue weighted by Crippen LogP contribution is -2.13. The van der Waals surface area contributed by atoms with Gasteiger partial charge in [-0.15, -0.1) is 0 Å². The summed E-state index contributed by atoms with van der Waals surface area (Å²) in [6.45, 7) is 0. The minimum Gasteiger partial charge on any atom is -0.493 e. The van der Waals surface area contributed by atoms with E-state index in [2.05, 4.69) is 21.2 Å². The summed E-state index contributed by atoms with van der Waals surface area (Å²) in [7, 11) is 4.53. The van der Waals surface area contributed by atoms with Crippen LogP contribution in [-0.4, -0.2) is 27.2 Å². The zero-order valence-electron chi connectivity index (χ0n) is 14.6. The molecule has 5 nitrogen and oxygen atoms in total. The maximum atomic E-state index is 12.8. The van der Waals surface area contributed by atoms with Crippen molar-refractivity contribution in [2.24, 2.45) is 0 Å². The number of halogens is 1. The van der Waals surface area contributed by atoms with Crippen LogP contribution in [0.4, 0.5) is 5.69 Å². The number of ether oxygens (including phenoxy) is 3. The number of amides is 1. The van der Waals surface area contributed by atoms with Gasteiger partial charge in [0.1, 0.15) is 0 Å². The number of rotatable bonds is 5. The van der Waals surface area contributed by atoms with Crippen LogP contribution >= 0.6 is 15.9 Å². The van der Waals surface area contributed by atoms with Gasteiger partial charge in [-0.25, -0.2) is 0 Å². The van der Waals surface area contributed by atoms with Crippen molar-refractivity contribution in [3.05, 3.63) is 58.6 Å². The van der Waals surface area contributed by atoms with Crippen molar-refractivity contribution in [3.63, 3.8) is 0 Å². The second-order valence-corrected chi connectivity index (χ2v) is 6.32. The maximum Gasteiger partial charge on any atom is 0.257 e. The van der Waals surface area contributed by atoms with E-state index in [0.717, 1.165) is 10.8 Å². The molecule has 0 saturated heterocycles. The van der Waals surface area contributed by atoms with Gasteiger partial charge in [0.05, 0.1) is 31.4 Å². The third kappa shape index (κ3) is 3.32. The molecule has 0 bridgehead atoms. The summed E-state index contributed by atoms with van der Waals surface area (Å²) >= 11 is 3.43. The van der Waals surface area contributed by atoms with Crippen molar-refractivity contribution in [1.29, 1.82) is 0 Å². The Morgan fingerprint density at radius 3 is 2.23 bits per heavy atom. The lowest BCUT2D eigenvalue weighted by atomic mass is 10.1. The highest BCUT2D eigenvalue weighted by atomic mass is 79.9. The monoisotopic (exact) mass is 415 g/mol. The highest BCUT2D eigenvalue weighted by Crippen LogP contribution is 2.44. The number of anilines is 1. The Morgan fingerprint density at radius 1 is 0.885 bits per heavy atom. The summed E-state index contributed by atoms with van der Waals surface area (Å²) < 4.78 is 16.5. The van der Waals surface area contributed by atoms with Crippen molar-refractivity contribution in [2.75, 3.05) is 26.6 Å². The number of benzene rings is 3. The van der Waals surface area contributed by atoms with Gasteiger partial charge < -0.3 is 19.5 Å². The molecule has 6 heteroatoms. The van der Waals surface area contributed by atoms with Crippen LogP contribution in [0.15, 0.2) is 53.0 Å². The first-order valence-corrected chi connectivity index (χ1v) is 8.67. The molecule has 0 aromatic heterocycles. The zero-order chi connectivity index (χ0) is 18.7. The predicted octanol–water partition coefficient (Wildman–Crippen LogP) is 4.88. The maximum absolute atomic E-state index is 12.8. The lowest BCUT2D eigenvalue weighted by Gasteiger charge is -2.16. The Hall–Kier alpha value is -2.73. The molecule has 0 fully saturated rings. The molecule has 0 aliphatic heterocycles. The van der Waals surface area contributed by atoms with E-state index in [1.54, 1.807) is 6.07 Å². The molecule has 0 spiro atoms. The van der Waals surface area contributed by atoms with E-state index in [-0.39, 0.29) is 5.91 Å². The van der Waals surface area contributed by atoms with Crippen molar-refractivity contribution >= 4 is 38.3 Å². The number of carbonyl (C=O) groups is 1. The molecule has 0 aliphatic carbocycles. The van der Waals surface area contributed by atoms with Gasteiger partial charge in [0.15, 0.2) is 11.5 Å². The predicted molar refractivity (Wildman–Crippen MR) is 106 cm³/mol.